The van der Waals surface area contributed by atoms with E-state index in [1.807, 2.05) is 13.8 Å². The Hall–Kier alpha value is -0.650. The lowest BCUT2D eigenvalue weighted by Crippen LogP contribution is -2.48. The molecule has 1 N–H and O–H groups in total. The molecular formula is C16H31NO4. The summed E-state index contributed by atoms with van der Waals surface area (Å²) in [6, 6.07) is 0. The number of unbranched alkanes of at least 4 members (excludes halogenated alkanes) is 1. The van der Waals surface area contributed by atoms with E-state index >= 15 is 0 Å². The van der Waals surface area contributed by atoms with Crippen molar-refractivity contribution >= 4 is 5.97 Å². The van der Waals surface area contributed by atoms with Gasteiger partial charge < -0.3 is 19.5 Å². The number of carbonyl (C=O) groups is 1. The predicted molar refractivity (Wildman–Crippen MR) is 82.4 cm³/mol. The smallest absolute Gasteiger partial charge is 0.326 e. The monoisotopic (exact) mass is 301 g/mol. The second kappa shape index (κ2) is 10.1. The molecule has 1 aliphatic rings. The Kier molecular flexibility index (Phi) is 8.88. The minimum atomic E-state index is -0.595. The molecule has 2 atom stereocenters. The van der Waals surface area contributed by atoms with E-state index in [4.69, 9.17) is 14.2 Å². The SMILES string of the molecule is CCOC(=O)C(C)(CCCCOCC1CCCCO1)NC. The third kappa shape index (κ3) is 6.76. The maximum Gasteiger partial charge on any atom is 0.326 e. The summed E-state index contributed by atoms with van der Waals surface area (Å²) in [6.45, 7) is 6.43. The Morgan fingerprint density at radius 3 is 2.81 bits per heavy atom. The molecule has 0 amide bonds. The molecule has 1 fully saturated rings. The maximum absolute atomic E-state index is 11.9. The molecule has 5 heteroatoms. The van der Waals surface area contributed by atoms with E-state index in [0.29, 0.717) is 13.2 Å². The summed E-state index contributed by atoms with van der Waals surface area (Å²) in [5, 5.41) is 3.07. The number of nitrogens with one attached hydrogen (secondary N) is 1. The Bertz CT molecular complexity index is 292. The van der Waals surface area contributed by atoms with Crippen LogP contribution < -0.4 is 5.32 Å². The van der Waals surface area contributed by atoms with Gasteiger partial charge in [0.1, 0.15) is 5.54 Å². The van der Waals surface area contributed by atoms with Crippen molar-refractivity contribution in [2.24, 2.45) is 0 Å². The molecule has 1 rings (SSSR count). The molecule has 0 aliphatic carbocycles. The fraction of sp³-hybridized carbons (Fsp3) is 0.938. The Balaban J connectivity index is 2.09. The van der Waals surface area contributed by atoms with Crippen LogP contribution >= 0.6 is 0 Å². The highest BCUT2D eigenvalue weighted by atomic mass is 16.5. The number of likely N-dealkylation sites (N-methyl/N-ethyl adjacent to an activating group) is 1. The van der Waals surface area contributed by atoms with Crippen LogP contribution in [0.5, 0.6) is 0 Å². The van der Waals surface area contributed by atoms with Crippen LogP contribution in [0.4, 0.5) is 0 Å². The highest BCUT2D eigenvalue weighted by Crippen LogP contribution is 2.16. The van der Waals surface area contributed by atoms with Gasteiger partial charge >= 0.3 is 5.97 Å². The van der Waals surface area contributed by atoms with Crippen molar-refractivity contribution in [2.45, 2.75) is 64.0 Å². The van der Waals surface area contributed by atoms with E-state index in [1.54, 1.807) is 7.05 Å². The number of ether oxygens (including phenoxy) is 3. The van der Waals surface area contributed by atoms with Gasteiger partial charge in [-0.3, -0.25) is 4.79 Å². The van der Waals surface area contributed by atoms with E-state index in [1.165, 1.54) is 12.8 Å². The van der Waals surface area contributed by atoms with Crippen LogP contribution in [0.2, 0.25) is 0 Å². The van der Waals surface area contributed by atoms with Crippen molar-refractivity contribution in [3.63, 3.8) is 0 Å². The molecule has 5 nitrogen and oxygen atoms in total. The van der Waals surface area contributed by atoms with Crippen molar-refractivity contribution in [1.29, 1.82) is 0 Å². The molecule has 1 aliphatic heterocycles. The molecule has 21 heavy (non-hydrogen) atoms. The third-order valence-electron chi connectivity index (χ3n) is 4.07. The summed E-state index contributed by atoms with van der Waals surface area (Å²) in [6.07, 6.45) is 6.44. The number of esters is 1. The van der Waals surface area contributed by atoms with E-state index < -0.39 is 5.54 Å². The van der Waals surface area contributed by atoms with Gasteiger partial charge in [0, 0.05) is 13.2 Å². The average Bonchev–Trinajstić information content (AvgIpc) is 2.51. The fourth-order valence-corrected chi connectivity index (χ4v) is 2.46. The van der Waals surface area contributed by atoms with Crippen LogP contribution in [0.1, 0.15) is 52.4 Å². The zero-order valence-electron chi connectivity index (χ0n) is 13.8. The predicted octanol–water partition coefficient (Wildman–Crippen LogP) is 2.28. The Morgan fingerprint density at radius 1 is 1.38 bits per heavy atom. The topological polar surface area (TPSA) is 56.8 Å². The molecular weight excluding hydrogens is 270 g/mol. The van der Waals surface area contributed by atoms with Gasteiger partial charge in [-0.25, -0.2) is 0 Å². The van der Waals surface area contributed by atoms with Gasteiger partial charge in [0.2, 0.25) is 0 Å². The van der Waals surface area contributed by atoms with Crippen LogP contribution in [-0.4, -0.2) is 51.1 Å². The van der Waals surface area contributed by atoms with E-state index in [-0.39, 0.29) is 12.1 Å². The molecule has 1 saturated heterocycles. The molecule has 124 valence electrons. The van der Waals surface area contributed by atoms with Gasteiger partial charge in [-0.05, 0) is 59.4 Å². The molecule has 0 radical (unpaired) electrons. The zero-order valence-corrected chi connectivity index (χ0v) is 13.8. The molecule has 0 aromatic rings. The lowest BCUT2D eigenvalue weighted by Gasteiger charge is -2.26. The molecule has 0 aromatic heterocycles. The Morgan fingerprint density at radius 2 is 2.19 bits per heavy atom. The maximum atomic E-state index is 11.9. The fourth-order valence-electron chi connectivity index (χ4n) is 2.46. The number of rotatable bonds is 10. The first-order chi connectivity index (χ1) is 10.1. The Labute approximate surface area is 128 Å². The summed E-state index contributed by atoms with van der Waals surface area (Å²) < 4.78 is 16.4. The van der Waals surface area contributed by atoms with Crippen LogP contribution in [0.25, 0.3) is 0 Å². The first-order valence-corrected chi connectivity index (χ1v) is 8.18. The second-order valence-corrected chi connectivity index (χ2v) is 5.82. The normalized spacial score (nSPS) is 21.8. The minimum absolute atomic E-state index is 0.177. The van der Waals surface area contributed by atoms with E-state index in [2.05, 4.69) is 5.32 Å². The first-order valence-electron chi connectivity index (χ1n) is 8.18. The molecule has 0 saturated carbocycles. The van der Waals surface area contributed by atoms with Crippen LogP contribution in [0.3, 0.4) is 0 Å². The lowest BCUT2D eigenvalue weighted by atomic mass is 9.95. The third-order valence-corrected chi connectivity index (χ3v) is 4.07. The lowest BCUT2D eigenvalue weighted by molar-refractivity contribution is -0.150. The van der Waals surface area contributed by atoms with E-state index in [0.717, 1.165) is 38.9 Å². The first kappa shape index (κ1) is 18.4. The van der Waals surface area contributed by atoms with Gasteiger partial charge in [-0.1, -0.05) is 0 Å². The highest BCUT2D eigenvalue weighted by molar-refractivity contribution is 5.80. The zero-order chi connectivity index (χ0) is 15.6. The minimum Gasteiger partial charge on any atom is -0.465 e. The quantitative estimate of drug-likeness (QED) is 0.495. The molecule has 0 spiro atoms. The molecule has 2 unspecified atom stereocenters. The van der Waals surface area contributed by atoms with E-state index in [9.17, 15) is 4.79 Å². The highest BCUT2D eigenvalue weighted by Gasteiger charge is 2.32. The molecule has 1 heterocycles. The number of hydrogen-bond donors (Lipinski definition) is 1. The van der Waals surface area contributed by atoms with Gasteiger partial charge in [0.05, 0.1) is 19.3 Å². The number of carbonyl (C=O) groups excluding carboxylic acids is 1. The van der Waals surface area contributed by atoms with Crippen LogP contribution in [-0.2, 0) is 19.0 Å². The second-order valence-electron chi connectivity index (χ2n) is 5.82. The van der Waals surface area contributed by atoms with Gasteiger partial charge in [-0.15, -0.1) is 0 Å². The summed E-state index contributed by atoms with van der Waals surface area (Å²) in [5.74, 6) is -0.177. The van der Waals surface area contributed by atoms with Crippen molar-refractivity contribution in [3.05, 3.63) is 0 Å². The average molecular weight is 301 g/mol. The standard InChI is InChI=1S/C16H31NO4/c1-4-20-15(18)16(2,17-3)10-6-8-11-19-13-14-9-5-7-12-21-14/h14,17H,4-13H2,1-3H3. The summed E-state index contributed by atoms with van der Waals surface area (Å²) in [7, 11) is 1.80. The van der Waals surface area contributed by atoms with Crippen molar-refractivity contribution in [2.75, 3.05) is 33.5 Å². The summed E-state index contributed by atoms with van der Waals surface area (Å²) in [5.41, 5.74) is -0.595. The van der Waals surface area contributed by atoms with Gasteiger partial charge in [-0.2, -0.15) is 0 Å². The van der Waals surface area contributed by atoms with Gasteiger partial charge in [0.25, 0.3) is 0 Å². The summed E-state index contributed by atoms with van der Waals surface area (Å²) >= 11 is 0. The largest absolute Gasteiger partial charge is 0.465 e. The number of hydrogen-bond acceptors (Lipinski definition) is 5. The van der Waals surface area contributed by atoms with Crippen molar-refractivity contribution in [1.82, 2.24) is 5.32 Å². The van der Waals surface area contributed by atoms with Crippen molar-refractivity contribution < 1.29 is 19.0 Å². The molecule has 0 aromatic carbocycles. The van der Waals surface area contributed by atoms with Crippen LogP contribution in [0.15, 0.2) is 0 Å². The van der Waals surface area contributed by atoms with Crippen molar-refractivity contribution in [3.8, 4) is 0 Å². The summed E-state index contributed by atoms with van der Waals surface area (Å²) in [4.78, 5) is 11.9. The van der Waals surface area contributed by atoms with Crippen LogP contribution in [0, 0.1) is 0 Å². The van der Waals surface area contributed by atoms with Gasteiger partial charge in [0.15, 0.2) is 0 Å². The molecule has 0 bridgehead atoms.